The Balaban J connectivity index is 2.17. The zero-order valence-electron chi connectivity index (χ0n) is 9.64. The van der Waals surface area contributed by atoms with E-state index in [1.165, 1.54) is 7.11 Å². The van der Waals surface area contributed by atoms with Gasteiger partial charge in [0, 0.05) is 6.20 Å². The quantitative estimate of drug-likeness (QED) is 0.753. The van der Waals surface area contributed by atoms with Crippen molar-refractivity contribution in [3.63, 3.8) is 0 Å². The molecule has 1 heterocycles. The Morgan fingerprint density at radius 3 is 2.88 bits per heavy atom. The van der Waals surface area contributed by atoms with E-state index in [1.54, 1.807) is 4.68 Å². The maximum atomic E-state index is 11.7. The van der Waals surface area contributed by atoms with Crippen molar-refractivity contribution in [2.45, 2.75) is 31.8 Å². The number of aryl methyl sites for hydroxylation is 1. The minimum absolute atomic E-state index is 0.226. The van der Waals surface area contributed by atoms with Crippen molar-refractivity contribution in [3.05, 3.63) is 18.0 Å². The summed E-state index contributed by atoms with van der Waals surface area (Å²) in [7, 11) is 1.38. The van der Waals surface area contributed by atoms with Crippen LogP contribution in [0.25, 0.3) is 0 Å². The highest BCUT2D eigenvalue weighted by Crippen LogP contribution is 2.39. The average Bonchev–Trinajstić information content (AvgIpc) is 3.03. The van der Waals surface area contributed by atoms with Crippen molar-refractivity contribution < 1.29 is 9.53 Å². The second kappa shape index (κ2) is 3.90. The van der Waals surface area contributed by atoms with Crippen molar-refractivity contribution in [1.29, 1.82) is 0 Å². The number of carbonyl (C=O) groups is 1. The van der Waals surface area contributed by atoms with Crippen molar-refractivity contribution in [2.75, 3.05) is 7.11 Å². The Morgan fingerprint density at radius 1 is 1.75 bits per heavy atom. The van der Waals surface area contributed by atoms with E-state index in [-0.39, 0.29) is 11.9 Å². The number of esters is 1. The van der Waals surface area contributed by atoms with E-state index >= 15 is 0 Å². The van der Waals surface area contributed by atoms with Gasteiger partial charge < -0.3 is 10.5 Å². The molecule has 0 aromatic carbocycles. The molecule has 0 aliphatic heterocycles. The first-order valence-electron chi connectivity index (χ1n) is 5.43. The van der Waals surface area contributed by atoms with Crippen LogP contribution in [0, 0.1) is 12.8 Å². The van der Waals surface area contributed by atoms with Crippen LogP contribution in [0.3, 0.4) is 0 Å². The summed E-state index contributed by atoms with van der Waals surface area (Å²) < 4.78 is 6.50. The number of aromatic nitrogens is 2. The van der Waals surface area contributed by atoms with Gasteiger partial charge in [0.15, 0.2) is 0 Å². The molecule has 0 radical (unpaired) electrons. The van der Waals surface area contributed by atoms with E-state index in [0.29, 0.717) is 6.54 Å². The molecule has 1 aromatic rings. The van der Waals surface area contributed by atoms with Crippen LogP contribution in [0.4, 0.5) is 0 Å². The second-order valence-electron chi connectivity index (χ2n) is 4.46. The first-order chi connectivity index (χ1) is 7.56. The molecule has 0 amide bonds. The lowest BCUT2D eigenvalue weighted by Gasteiger charge is -2.26. The van der Waals surface area contributed by atoms with Gasteiger partial charge in [-0.15, -0.1) is 0 Å². The third-order valence-electron chi connectivity index (χ3n) is 3.07. The van der Waals surface area contributed by atoms with Gasteiger partial charge in [-0.3, -0.25) is 4.68 Å². The Hall–Kier alpha value is -1.36. The number of rotatable bonds is 4. The monoisotopic (exact) mass is 223 g/mol. The number of hydrogen-bond acceptors (Lipinski definition) is 4. The van der Waals surface area contributed by atoms with Gasteiger partial charge in [0.2, 0.25) is 0 Å². The van der Waals surface area contributed by atoms with Gasteiger partial charge in [0.1, 0.15) is 5.54 Å². The first kappa shape index (κ1) is 11.1. The van der Waals surface area contributed by atoms with Gasteiger partial charge in [-0.25, -0.2) is 4.79 Å². The standard InChI is InChI=1S/C11H17N3O2/c1-8-5-6-14(13-8)7-11(12,9-3-4-9)10(15)16-2/h5-6,9H,3-4,7,12H2,1-2H3. The number of nitrogens with two attached hydrogens (primary N) is 1. The summed E-state index contributed by atoms with van der Waals surface area (Å²) in [5, 5.41) is 4.25. The van der Waals surface area contributed by atoms with Gasteiger partial charge in [0.05, 0.1) is 19.3 Å². The third kappa shape index (κ3) is 1.95. The summed E-state index contributed by atoms with van der Waals surface area (Å²) >= 11 is 0. The largest absolute Gasteiger partial charge is 0.468 e. The summed E-state index contributed by atoms with van der Waals surface area (Å²) in [6, 6.07) is 1.89. The van der Waals surface area contributed by atoms with Crippen LogP contribution >= 0.6 is 0 Å². The van der Waals surface area contributed by atoms with E-state index < -0.39 is 5.54 Å². The van der Waals surface area contributed by atoms with Gasteiger partial charge >= 0.3 is 5.97 Å². The van der Waals surface area contributed by atoms with Gasteiger partial charge in [0.25, 0.3) is 0 Å². The van der Waals surface area contributed by atoms with Crippen LogP contribution in [0.5, 0.6) is 0 Å². The molecule has 1 fully saturated rings. The molecule has 0 bridgehead atoms. The molecule has 16 heavy (non-hydrogen) atoms. The minimum Gasteiger partial charge on any atom is -0.468 e. The predicted molar refractivity (Wildman–Crippen MR) is 58.6 cm³/mol. The second-order valence-corrected chi connectivity index (χ2v) is 4.46. The minimum atomic E-state index is -0.923. The lowest BCUT2D eigenvalue weighted by molar-refractivity contribution is -0.148. The highest BCUT2D eigenvalue weighted by molar-refractivity contribution is 5.81. The van der Waals surface area contributed by atoms with Crippen LogP contribution in [-0.4, -0.2) is 28.4 Å². The number of nitrogens with zero attached hydrogens (tertiary/aromatic N) is 2. The van der Waals surface area contributed by atoms with E-state index in [2.05, 4.69) is 5.10 Å². The van der Waals surface area contributed by atoms with Gasteiger partial charge in [-0.2, -0.15) is 5.10 Å². The fraction of sp³-hybridized carbons (Fsp3) is 0.636. The molecule has 1 saturated carbocycles. The molecule has 0 spiro atoms. The maximum Gasteiger partial charge on any atom is 0.328 e. The van der Waals surface area contributed by atoms with E-state index in [1.807, 2.05) is 19.2 Å². The van der Waals surface area contributed by atoms with Crippen molar-refractivity contribution in [2.24, 2.45) is 11.7 Å². The maximum absolute atomic E-state index is 11.7. The molecule has 0 saturated heterocycles. The number of hydrogen-bond donors (Lipinski definition) is 1. The number of methoxy groups -OCH3 is 1. The summed E-state index contributed by atoms with van der Waals surface area (Å²) in [5.74, 6) is -0.118. The highest BCUT2D eigenvalue weighted by atomic mass is 16.5. The summed E-state index contributed by atoms with van der Waals surface area (Å²) in [5.41, 5.74) is 6.16. The molecule has 88 valence electrons. The summed E-state index contributed by atoms with van der Waals surface area (Å²) in [6.07, 6.45) is 3.82. The van der Waals surface area contributed by atoms with Crippen molar-refractivity contribution in [1.82, 2.24) is 9.78 Å². The predicted octanol–water partition coefficient (Wildman–Crippen LogP) is 0.472. The topological polar surface area (TPSA) is 70.1 Å². The normalized spacial score (nSPS) is 19.2. The van der Waals surface area contributed by atoms with Crippen LogP contribution in [0.15, 0.2) is 12.3 Å². The zero-order chi connectivity index (χ0) is 11.8. The van der Waals surface area contributed by atoms with Gasteiger partial charge in [-0.05, 0) is 31.7 Å². The van der Waals surface area contributed by atoms with Crippen molar-refractivity contribution >= 4 is 5.97 Å². The van der Waals surface area contributed by atoms with E-state index in [4.69, 9.17) is 10.5 Å². The number of carbonyl (C=O) groups excluding carboxylic acids is 1. The zero-order valence-corrected chi connectivity index (χ0v) is 9.64. The molecule has 1 atom stereocenters. The SMILES string of the molecule is COC(=O)C(N)(Cn1ccc(C)n1)C1CC1. The lowest BCUT2D eigenvalue weighted by atomic mass is 9.94. The molecule has 5 heteroatoms. The Labute approximate surface area is 94.6 Å². The summed E-state index contributed by atoms with van der Waals surface area (Å²) in [4.78, 5) is 11.7. The molecule has 2 N–H and O–H groups in total. The molecule has 1 aliphatic rings. The Bertz CT molecular complexity index is 398. The third-order valence-corrected chi connectivity index (χ3v) is 3.07. The van der Waals surface area contributed by atoms with Crippen LogP contribution < -0.4 is 5.73 Å². The van der Waals surface area contributed by atoms with E-state index in [0.717, 1.165) is 18.5 Å². The van der Waals surface area contributed by atoms with Gasteiger partial charge in [-0.1, -0.05) is 0 Å². The highest BCUT2D eigenvalue weighted by Gasteiger charge is 2.49. The smallest absolute Gasteiger partial charge is 0.328 e. The van der Waals surface area contributed by atoms with Crippen LogP contribution in [0.2, 0.25) is 0 Å². The summed E-state index contributed by atoms with van der Waals surface area (Å²) in [6.45, 7) is 2.29. The van der Waals surface area contributed by atoms with Crippen molar-refractivity contribution in [3.8, 4) is 0 Å². The Morgan fingerprint density at radius 2 is 2.44 bits per heavy atom. The van der Waals surface area contributed by atoms with E-state index in [9.17, 15) is 4.79 Å². The molecular weight excluding hydrogens is 206 g/mol. The molecular formula is C11H17N3O2. The first-order valence-corrected chi connectivity index (χ1v) is 5.43. The number of ether oxygens (including phenoxy) is 1. The molecule has 1 unspecified atom stereocenters. The van der Waals surface area contributed by atoms with Crippen LogP contribution in [0.1, 0.15) is 18.5 Å². The van der Waals surface area contributed by atoms with Crippen LogP contribution in [-0.2, 0) is 16.1 Å². The molecule has 5 nitrogen and oxygen atoms in total. The lowest BCUT2D eigenvalue weighted by Crippen LogP contribution is -2.54. The molecule has 2 rings (SSSR count). The average molecular weight is 223 g/mol. The molecule has 1 aliphatic carbocycles. The fourth-order valence-electron chi connectivity index (χ4n) is 1.97. The molecule has 1 aromatic heterocycles. The fourth-order valence-corrected chi connectivity index (χ4v) is 1.97. The Kier molecular flexibility index (Phi) is 2.71.